The number of carbonyl (C=O) groups excluding carboxylic acids is 1. The van der Waals surface area contributed by atoms with Crippen LogP contribution in [0.25, 0.3) is 0 Å². The van der Waals surface area contributed by atoms with E-state index in [1.807, 2.05) is 12.1 Å². The average Bonchev–Trinajstić information content (AvgIpc) is 3.03. The zero-order valence-corrected chi connectivity index (χ0v) is 12.8. The lowest BCUT2D eigenvalue weighted by atomic mass is 10.4. The molecule has 112 valence electrons. The Morgan fingerprint density at radius 1 is 1.43 bits per heavy atom. The minimum absolute atomic E-state index is 0.0642. The number of aromatic nitrogens is 1. The first kappa shape index (κ1) is 15.7. The Morgan fingerprint density at radius 2 is 2.29 bits per heavy atom. The SMILES string of the molecule is O=C(CSC1CCCC1)NCC#CCOc1cccnc1. The van der Waals surface area contributed by atoms with Crippen molar-refractivity contribution >= 4 is 17.7 Å². The van der Waals surface area contributed by atoms with Gasteiger partial charge < -0.3 is 10.1 Å². The highest BCUT2D eigenvalue weighted by Crippen LogP contribution is 2.28. The lowest BCUT2D eigenvalue weighted by Crippen LogP contribution is -2.26. The summed E-state index contributed by atoms with van der Waals surface area (Å²) in [6.07, 6.45) is 8.46. The van der Waals surface area contributed by atoms with Gasteiger partial charge in [-0.25, -0.2) is 0 Å². The summed E-state index contributed by atoms with van der Waals surface area (Å²) in [6.45, 7) is 0.679. The first-order chi connectivity index (χ1) is 10.3. The Morgan fingerprint density at radius 3 is 3.05 bits per heavy atom. The Labute approximate surface area is 130 Å². The number of ether oxygens (including phenoxy) is 1. The number of hydrogen-bond acceptors (Lipinski definition) is 4. The third kappa shape index (κ3) is 6.54. The summed E-state index contributed by atoms with van der Waals surface area (Å²) in [4.78, 5) is 15.6. The van der Waals surface area contributed by atoms with Gasteiger partial charge in [0.1, 0.15) is 12.4 Å². The van der Waals surface area contributed by atoms with Gasteiger partial charge in [0.2, 0.25) is 5.91 Å². The summed E-state index contributed by atoms with van der Waals surface area (Å²) in [5.74, 6) is 7.05. The van der Waals surface area contributed by atoms with Crippen LogP contribution in [0.2, 0.25) is 0 Å². The summed E-state index contributed by atoms with van der Waals surface area (Å²) >= 11 is 1.77. The molecule has 1 aromatic heterocycles. The maximum absolute atomic E-state index is 11.6. The molecule has 0 radical (unpaired) electrons. The number of nitrogens with zero attached hydrogens (tertiary/aromatic N) is 1. The minimum atomic E-state index is 0.0642. The van der Waals surface area contributed by atoms with E-state index in [0.29, 0.717) is 29.9 Å². The van der Waals surface area contributed by atoms with Crippen LogP contribution in [0.3, 0.4) is 0 Å². The molecule has 0 saturated heterocycles. The van der Waals surface area contributed by atoms with Gasteiger partial charge in [0, 0.05) is 11.4 Å². The van der Waals surface area contributed by atoms with Gasteiger partial charge in [-0.3, -0.25) is 9.78 Å². The third-order valence-corrected chi connectivity index (χ3v) is 4.57. The molecule has 0 aromatic carbocycles. The second-order valence-corrected chi connectivity index (χ2v) is 6.11. The average molecular weight is 304 g/mol. The fourth-order valence-corrected chi connectivity index (χ4v) is 3.26. The molecular weight excluding hydrogens is 284 g/mol. The van der Waals surface area contributed by atoms with Crippen LogP contribution in [0.5, 0.6) is 5.75 Å². The molecule has 0 aliphatic heterocycles. The van der Waals surface area contributed by atoms with E-state index in [0.717, 1.165) is 0 Å². The van der Waals surface area contributed by atoms with E-state index in [1.165, 1.54) is 25.7 Å². The number of rotatable bonds is 6. The molecule has 1 heterocycles. The first-order valence-electron chi connectivity index (χ1n) is 7.21. The van der Waals surface area contributed by atoms with Gasteiger partial charge in [0.05, 0.1) is 18.5 Å². The molecule has 2 rings (SSSR count). The van der Waals surface area contributed by atoms with E-state index in [2.05, 4.69) is 22.1 Å². The van der Waals surface area contributed by atoms with Crippen molar-refractivity contribution in [1.82, 2.24) is 10.3 Å². The van der Waals surface area contributed by atoms with Gasteiger partial charge in [0.15, 0.2) is 0 Å². The standard InChI is InChI=1S/C16H20N2O2S/c19-16(13-21-15-7-1-2-8-15)18-10-3-4-11-20-14-6-5-9-17-12-14/h5-6,9,12,15H,1-2,7-8,10-11,13H2,(H,18,19). The molecule has 1 amide bonds. The van der Waals surface area contributed by atoms with Crippen LogP contribution in [0.4, 0.5) is 0 Å². The molecule has 1 aliphatic carbocycles. The zero-order valence-electron chi connectivity index (χ0n) is 12.0. The molecule has 21 heavy (non-hydrogen) atoms. The number of carbonyl (C=O) groups is 1. The van der Waals surface area contributed by atoms with Crippen molar-refractivity contribution in [3.05, 3.63) is 24.5 Å². The number of hydrogen-bond donors (Lipinski definition) is 1. The molecule has 1 fully saturated rings. The van der Waals surface area contributed by atoms with Crippen molar-refractivity contribution in [2.75, 3.05) is 18.9 Å². The second-order valence-electron chi connectivity index (χ2n) is 4.83. The fraction of sp³-hybridized carbons (Fsp3) is 0.500. The molecule has 1 N–H and O–H groups in total. The van der Waals surface area contributed by atoms with Crippen LogP contribution in [-0.2, 0) is 4.79 Å². The third-order valence-electron chi connectivity index (χ3n) is 3.20. The van der Waals surface area contributed by atoms with Crippen LogP contribution >= 0.6 is 11.8 Å². The number of nitrogens with one attached hydrogen (secondary N) is 1. The number of amides is 1. The summed E-state index contributed by atoms with van der Waals surface area (Å²) in [7, 11) is 0. The van der Waals surface area contributed by atoms with Crippen molar-refractivity contribution in [2.24, 2.45) is 0 Å². The summed E-state index contributed by atoms with van der Waals surface area (Å²) in [6, 6.07) is 3.64. The second kappa shape index (κ2) is 9.30. The molecule has 5 heteroatoms. The number of thioether (sulfide) groups is 1. The highest BCUT2D eigenvalue weighted by atomic mass is 32.2. The van der Waals surface area contributed by atoms with Crippen LogP contribution in [0, 0.1) is 11.8 Å². The monoisotopic (exact) mass is 304 g/mol. The van der Waals surface area contributed by atoms with E-state index in [1.54, 1.807) is 24.2 Å². The van der Waals surface area contributed by atoms with E-state index in [4.69, 9.17) is 4.74 Å². The molecule has 0 atom stereocenters. The van der Waals surface area contributed by atoms with Crippen molar-refractivity contribution in [3.8, 4) is 17.6 Å². The normalized spacial score (nSPS) is 14.3. The lowest BCUT2D eigenvalue weighted by Gasteiger charge is -2.07. The smallest absolute Gasteiger partial charge is 0.230 e. The summed E-state index contributed by atoms with van der Waals surface area (Å²) in [5, 5.41) is 3.48. The quantitative estimate of drug-likeness (QED) is 0.819. The topological polar surface area (TPSA) is 51.2 Å². The molecule has 0 spiro atoms. The van der Waals surface area contributed by atoms with E-state index >= 15 is 0 Å². The van der Waals surface area contributed by atoms with E-state index in [9.17, 15) is 4.79 Å². The van der Waals surface area contributed by atoms with Crippen LogP contribution in [0.15, 0.2) is 24.5 Å². The fourth-order valence-electron chi connectivity index (χ4n) is 2.11. The molecular formula is C16H20N2O2S. The van der Waals surface area contributed by atoms with Crippen LogP contribution in [-0.4, -0.2) is 35.0 Å². The highest BCUT2D eigenvalue weighted by molar-refractivity contribution is 8.00. The Balaban J connectivity index is 1.52. The minimum Gasteiger partial charge on any atom is -0.479 e. The van der Waals surface area contributed by atoms with Crippen molar-refractivity contribution in [3.63, 3.8) is 0 Å². The van der Waals surface area contributed by atoms with Gasteiger partial charge in [-0.2, -0.15) is 0 Å². The van der Waals surface area contributed by atoms with Crippen LogP contribution < -0.4 is 10.1 Å². The Bertz CT molecular complexity index is 490. The summed E-state index contributed by atoms with van der Waals surface area (Å²) < 4.78 is 5.38. The maximum atomic E-state index is 11.6. The van der Waals surface area contributed by atoms with Gasteiger partial charge in [-0.05, 0) is 25.0 Å². The highest BCUT2D eigenvalue weighted by Gasteiger charge is 2.16. The van der Waals surface area contributed by atoms with Gasteiger partial charge in [-0.1, -0.05) is 24.7 Å². The molecule has 1 saturated carbocycles. The van der Waals surface area contributed by atoms with Crippen molar-refractivity contribution in [1.29, 1.82) is 0 Å². The van der Waals surface area contributed by atoms with E-state index < -0.39 is 0 Å². The predicted octanol–water partition coefficient (Wildman–Crippen LogP) is 2.26. The number of pyridine rings is 1. The Kier molecular flexibility index (Phi) is 6.96. The van der Waals surface area contributed by atoms with Gasteiger partial charge in [-0.15, -0.1) is 11.8 Å². The van der Waals surface area contributed by atoms with E-state index in [-0.39, 0.29) is 5.91 Å². The first-order valence-corrected chi connectivity index (χ1v) is 8.26. The molecule has 1 aliphatic rings. The Hall–Kier alpha value is -1.67. The summed E-state index contributed by atoms with van der Waals surface area (Å²) in [5.41, 5.74) is 0. The zero-order chi connectivity index (χ0) is 14.8. The van der Waals surface area contributed by atoms with Crippen molar-refractivity contribution < 1.29 is 9.53 Å². The molecule has 0 bridgehead atoms. The van der Waals surface area contributed by atoms with Crippen LogP contribution in [0.1, 0.15) is 25.7 Å². The largest absolute Gasteiger partial charge is 0.479 e. The van der Waals surface area contributed by atoms with Crippen molar-refractivity contribution in [2.45, 2.75) is 30.9 Å². The lowest BCUT2D eigenvalue weighted by molar-refractivity contribution is -0.118. The van der Waals surface area contributed by atoms with Gasteiger partial charge in [0.25, 0.3) is 0 Å². The maximum Gasteiger partial charge on any atom is 0.230 e. The van der Waals surface area contributed by atoms with Gasteiger partial charge >= 0.3 is 0 Å². The predicted molar refractivity (Wildman–Crippen MR) is 85.2 cm³/mol. The molecule has 4 nitrogen and oxygen atoms in total. The molecule has 0 unspecified atom stereocenters. The molecule has 1 aromatic rings.